The smallest absolute Gasteiger partial charge is 0.341 e. The Morgan fingerprint density at radius 2 is 1.79 bits per heavy atom. The molecule has 4 heteroatoms. The van der Waals surface area contributed by atoms with Crippen LogP contribution in [0.1, 0.15) is 27.2 Å². The Morgan fingerprint density at radius 1 is 1.11 bits per heavy atom. The van der Waals surface area contributed by atoms with Crippen molar-refractivity contribution < 1.29 is 9.90 Å². The van der Waals surface area contributed by atoms with Gasteiger partial charge in [0.25, 0.3) is 5.56 Å². The third-order valence-corrected chi connectivity index (χ3v) is 3.10. The van der Waals surface area contributed by atoms with Gasteiger partial charge in [0.1, 0.15) is 5.56 Å². The number of aryl methyl sites for hydroxylation is 3. The Labute approximate surface area is 110 Å². The van der Waals surface area contributed by atoms with Crippen molar-refractivity contribution in [3.05, 3.63) is 63.1 Å². The number of nitrogens with zero attached hydrogens (tertiary/aromatic N) is 1. The summed E-state index contributed by atoms with van der Waals surface area (Å²) in [5.41, 5.74) is 2.75. The van der Waals surface area contributed by atoms with Crippen LogP contribution >= 0.6 is 0 Å². The predicted octanol–water partition coefficient (Wildman–Crippen LogP) is 2.46. The van der Waals surface area contributed by atoms with E-state index < -0.39 is 11.5 Å². The van der Waals surface area contributed by atoms with Gasteiger partial charge >= 0.3 is 5.97 Å². The molecule has 0 amide bonds. The summed E-state index contributed by atoms with van der Waals surface area (Å²) >= 11 is 0. The van der Waals surface area contributed by atoms with Crippen molar-refractivity contribution in [2.75, 3.05) is 0 Å². The molecule has 1 heterocycles. The van der Waals surface area contributed by atoms with Crippen molar-refractivity contribution in [1.29, 1.82) is 0 Å². The summed E-state index contributed by atoms with van der Waals surface area (Å²) in [6, 6.07) is 8.70. The molecule has 4 nitrogen and oxygen atoms in total. The van der Waals surface area contributed by atoms with Gasteiger partial charge in [0.15, 0.2) is 0 Å². The molecule has 0 saturated heterocycles. The van der Waals surface area contributed by atoms with E-state index in [9.17, 15) is 9.59 Å². The van der Waals surface area contributed by atoms with Crippen LogP contribution in [0.5, 0.6) is 0 Å². The molecule has 0 radical (unpaired) electrons. The van der Waals surface area contributed by atoms with Crippen LogP contribution in [-0.2, 0) is 0 Å². The second kappa shape index (κ2) is 4.72. The fourth-order valence-corrected chi connectivity index (χ4v) is 2.15. The highest BCUT2D eigenvalue weighted by atomic mass is 16.4. The standard InChI is InChI=1S/C15H15NO3/c1-9-4-7-13(10(2)8-9)16-11(3)5-6-12(14(16)17)15(18)19/h4-8H,1-3H3,(H,18,19). The lowest BCUT2D eigenvalue weighted by atomic mass is 10.1. The summed E-state index contributed by atoms with van der Waals surface area (Å²) in [7, 11) is 0. The Hall–Kier alpha value is -2.36. The van der Waals surface area contributed by atoms with Crippen LogP contribution < -0.4 is 5.56 Å². The second-order valence-electron chi connectivity index (χ2n) is 4.62. The van der Waals surface area contributed by atoms with Crippen LogP contribution in [0.2, 0.25) is 0 Å². The molecule has 1 aromatic heterocycles. The van der Waals surface area contributed by atoms with E-state index in [0.29, 0.717) is 5.69 Å². The number of carboxylic acids is 1. The van der Waals surface area contributed by atoms with Gasteiger partial charge in [-0.1, -0.05) is 17.7 Å². The molecule has 0 spiro atoms. The highest BCUT2D eigenvalue weighted by molar-refractivity contribution is 5.87. The topological polar surface area (TPSA) is 59.3 Å². The van der Waals surface area contributed by atoms with Crippen molar-refractivity contribution in [2.24, 2.45) is 0 Å². The van der Waals surface area contributed by atoms with Gasteiger partial charge in [-0.05, 0) is 44.5 Å². The van der Waals surface area contributed by atoms with Gasteiger partial charge in [0.2, 0.25) is 0 Å². The quantitative estimate of drug-likeness (QED) is 0.899. The molecule has 98 valence electrons. The number of carbonyl (C=O) groups is 1. The number of hydrogen-bond acceptors (Lipinski definition) is 2. The maximum atomic E-state index is 12.3. The lowest BCUT2D eigenvalue weighted by Crippen LogP contribution is -2.27. The van der Waals surface area contributed by atoms with Crippen molar-refractivity contribution in [3.8, 4) is 5.69 Å². The normalized spacial score (nSPS) is 10.5. The van der Waals surface area contributed by atoms with Crippen LogP contribution in [0.3, 0.4) is 0 Å². The third-order valence-electron chi connectivity index (χ3n) is 3.10. The SMILES string of the molecule is Cc1ccc(-n2c(C)ccc(C(=O)O)c2=O)c(C)c1. The first kappa shape index (κ1) is 13.1. The Morgan fingerprint density at radius 3 is 2.37 bits per heavy atom. The van der Waals surface area contributed by atoms with Gasteiger partial charge in [0, 0.05) is 5.69 Å². The summed E-state index contributed by atoms with van der Waals surface area (Å²) < 4.78 is 1.44. The minimum absolute atomic E-state index is 0.217. The van der Waals surface area contributed by atoms with E-state index in [1.54, 1.807) is 13.0 Å². The summed E-state index contributed by atoms with van der Waals surface area (Å²) in [6.45, 7) is 5.66. The minimum atomic E-state index is -1.21. The van der Waals surface area contributed by atoms with Crippen molar-refractivity contribution >= 4 is 5.97 Å². The molecule has 0 aliphatic heterocycles. The van der Waals surface area contributed by atoms with Crippen LogP contribution in [0, 0.1) is 20.8 Å². The summed E-state index contributed by atoms with van der Waals surface area (Å²) in [6.07, 6.45) is 0. The van der Waals surface area contributed by atoms with Gasteiger partial charge in [0.05, 0.1) is 5.69 Å². The molecule has 1 aromatic carbocycles. The van der Waals surface area contributed by atoms with Gasteiger partial charge in [-0.3, -0.25) is 9.36 Å². The molecule has 19 heavy (non-hydrogen) atoms. The molecule has 0 fully saturated rings. The molecular formula is C15H15NO3. The van der Waals surface area contributed by atoms with E-state index in [-0.39, 0.29) is 5.56 Å². The third kappa shape index (κ3) is 2.29. The molecule has 0 bridgehead atoms. The molecule has 0 atom stereocenters. The average molecular weight is 257 g/mol. The number of benzene rings is 1. The summed E-state index contributed by atoms with van der Waals surface area (Å²) in [4.78, 5) is 23.3. The molecule has 2 rings (SSSR count). The maximum Gasteiger partial charge on any atom is 0.341 e. The van der Waals surface area contributed by atoms with Crippen LogP contribution in [0.15, 0.2) is 35.1 Å². The predicted molar refractivity (Wildman–Crippen MR) is 73.2 cm³/mol. The van der Waals surface area contributed by atoms with Crippen molar-refractivity contribution in [2.45, 2.75) is 20.8 Å². The zero-order valence-corrected chi connectivity index (χ0v) is 11.1. The van der Waals surface area contributed by atoms with E-state index in [1.165, 1.54) is 10.6 Å². The van der Waals surface area contributed by atoms with Gasteiger partial charge < -0.3 is 5.11 Å². The first-order valence-corrected chi connectivity index (χ1v) is 5.95. The zero-order valence-electron chi connectivity index (χ0n) is 11.1. The first-order valence-electron chi connectivity index (χ1n) is 5.95. The maximum absolute atomic E-state index is 12.3. The van der Waals surface area contributed by atoms with E-state index >= 15 is 0 Å². The van der Waals surface area contributed by atoms with Crippen molar-refractivity contribution in [1.82, 2.24) is 4.57 Å². The Balaban J connectivity index is 2.78. The monoisotopic (exact) mass is 257 g/mol. The second-order valence-corrected chi connectivity index (χ2v) is 4.62. The largest absolute Gasteiger partial charge is 0.477 e. The highest BCUT2D eigenvalue weighted by Gasteiger charge is 2.14. The Bertz CT molecular complexity index is 714. The first-order chi connectivity index (χ1) is 8.91. The molecule has 2 aromatic rings. The van der Waals surface area contributed by atoms with Crippen LogP contribution in [-0.4, -0.2) is 15.6 Å². The van der Waals surface area contributed by atoms with Gasteiger partial charge in [-0.15, -0.1) is 0 Å². The zero-order chi connectivity index (χ0) is 14.2. The molecule has 0 unspecified atom stereocenters. The number of hydrogen-bond donors (Lipinski definition) is 1. The molecule has 0 aliphatic carbocycles. The fraction of sp³-hybridized carbons (Fsp3) is 0.200. The number of pyridine rings is 1. The number of aromatic nitrogens is 1. The molecule has 1 N–H and O–H groups in total. The summed E-state index contributed by atoms with van der Waals surface area (Å²) in [5.74, 6) is -1.21. The average Bonchev–Trinajstić information content (AvgIpc) is 2.31. The van der Waals surface area contributed by atoms with E-state index in [2.05, 4.69) is 0 Å². The van der Waals surface area contributed by atoms with E-state index in [4.69, 9.17) is 5.11 Å². The summed E-state index contributed by atoms with van der Waals surface area (Å²) in [5, 5.41) is 9.03. The minimum Gasteiger partial charge on any atom is -0.477 e. The lowest BCUT2D eigenvalue weighted by Gasteiger charge is -2.13. The molecular weight excluding hydrogens is 242 g/mol. The van der Waals surface area contributed by atoms with Crippen LogP contribution in [0.4, 0.5) is 0 Å². The highest BCUT2D eigenvalue weighted by Crippen LogP contribution is 2.16. The molecule has 0 aliphatic rings. The van der Waals surface area contributed by atoms with E-state index in [1.807, 2.05) is 32.0 Å². The molecule has 0 saturated carbocycles. The number of rotatable bonds is 2. The lowest BCUT2D eigenvalue weighted by molar-refractivity contribution is 0.0694. The fourth-order valence-electron chi connectivity index (χ4n) is 2.15. The van der Waals surface area contributed by atoms with Gasteiger partial charge in [-0.25, -0.2) is 4.79 Å². The number of aromatic carboxylic acids is 1. The Kier molecular flexibility index (Phi) is 3.25. The van der Waals surface area contributed by atoms with Gasteiger partial charge in [-0.2, -0.15) is 0 Å². The van der Waals surface area contributed by atoms with Crippen LogP contribution in [0.25, 0.3) is 5.69 Å². The van der Waals surface area contributed by atoms with E-state index in [0.717, 1.165) is 16.8 Å². The number of carboxylic acid groups (broad SMARTS) is 1. The van der Waals surface area contributed by atoms with Crippen molar-refractivity contribution in [3.63, 3.8) is 0 Å².